The minimum atomic E-state index is -2.16. The topological polar surface area (TPSA) is 175 Å². The largest absolute Gasteiger partial charge is 0.481 e. The van der Waals surface area contributed by atoms with E-state index in [0.29, 0.717) is 0 Å². The number of carbonyl (C=O) groups is 5. The van der Waals surface area contributed by atoms with Gasteiger partial charge in [-0.15, -0.1) is 0 Å². The number of aliphatic carboxylic acids is 4. The Hall–Kier alpha value is -2.65. The molecular weight excluding hydrogens is 292 g/mol. The minimum absolute atomic E-state index is 0.114. The van der Waals surface area contributed by atoms with Crippen molar-refractivity contribution in [1.82, 2.24) is 0 Å². The quantitative estimate of drug-likeness (QED) is 0.381. The van der Waals surface area contributed by atoms with Gasteiger partial charge >= 0.3 is 29.8 Å². The van der Waals surface area contributed by atoms with Crippen molar-refractivity contribution in [1.29, 1.82) is 0 Å². The molecule has 0 aromatic carbocycles. The molecule has 0 aromatic rings. The fraction of sp³-hybridized carbons (Fsp3) is 0.545. The molecule has 0 bridgehead atoms. The number of carboxylic acids is 4. The van der Waals surface area contributed by atoms with Crippen molar-refractivity contribution in [3.8, 4) is 0 Å². The lowest BCUT2D eigenvalue weighted by molar-refractivity contribution is -0.174. The highest BCUT2D eigenvalue weighted by Gasteiger charge is 2.38. The Kier molecular flexibility index (Phi) is 7.43. The zero-order valence-corrected chi connectivity index (χ0v) is 10.7. The van der Waals surface area contributed by atoms with Crippen LogP contribution in [0.5, 0.6) is 0 Å². The van der Waals surface area contributed by atoms with E-state index in [1.54, 1.807) is 0 Å². The molecule has 0 aliphatic rings. The van der Waals surface area contributed by atoms with Gasteiger partial charge in [0, 0.05) is 12.8 Å². The third-order valence-electron chi connectivity index (χ3n) is 2.35. The SMILES string of the molecule is O=C(O)CCCC(=O)OC(C(=O)O)C(CC(=O)O)C(=O)O. The first-order valence-electron chi connectivity index (χ1n) is 5.73. The van der Waals surface area contributed by atoms with Crippen LogP contribution in [0, 0.1) is 5.92 Å². The standard InChI is InChI=1S/C11H14O10/c12-6(13)2-1-3-8(16)21-9(11(19)20)5(10(17)18)4-7(14)15/h5,9H,1-4H2,(H,12,13)(H,14,15)(H,17,18)(H,19,20). The predicted octanol–water partition coefficient (Wildman–Crippen LogP) is -0.587. The normalized spacial score (nSPS) is 13.0. The van der Waals surface area contributed by atoms with Crippen LogP contribution in [0.2, 0.25) is 0 Å². The first kappa shape index (κ1) is 18.4. The first-order valence-corrected chi connectivity index (χ1v) is 5.73. The van der Waals surface area contributed by atoms with E-state index in [4.69, 9.17) is 20.4 Å². The van der Waals surface area contributed by atoms with Crippen molar-refractivity contribution in [3.63, 3.8) is 0 Å². The molecule has 0 aliphatic heterocycles. The second kappa shape index (κ2) is 8.51. The maximum Gasteiger partial charge on any atom is 0.345 e. The summed E-state index contributed by atoms with van der Waals surface area (Å²) < 4.78 is 4.44. The molecule has 0 fully saturated rings. The van der Waals surface area contributed by atoms with Crippen molar-refractivity contribution < 1.29 is 49.1 Å². The highest BCUT2D eigenvalue weighted by Crippen LogP contribution is 2.15. The molecule has 2 unspecified atom stereocenters. The molecule has 0 radical (unpaired) electrons. The van der Waals surface area contributed by atoms with Gasteiger partial charge in [-0.3, -0.25) is 19.2 Å². The Morgan fingerprint density at radius 3 is 1.76 bits per heavy atom. The second-order valence-electron chi connectivity index (χ2n) is 4.04. The van der Waals surface area contributed by atoms with Crippen molar-refractivity contribution in [2.24, 2.45) is 5.92 Å². The maximum absolute atomic E-state index is 11.3. The van der Waals surface area contributed by atoms with Crippen LogP contribution in [0.15, 0.2) is 0 Å². The van der Waals surface area contributed by atoms with Gasteiger partial charge in [0.25, 0.3) is 0 Å². The second-order valence-corrected chi connectivity index (χ2v) is 4.04. The molecule has 118 valence electrons. The summed E-state index contributed by atoms with van der Waals surface area (Å²) in [4.78, 5) is 53.9. The Labute approximate surface area is 117 Å². The summed E-state index contributed by atoms with van der Waals surface area (Å²) in [7, 11) is 0. The lowest BCUT2D eigenvalue weighted by atomic mass is 9.98. The molecule has 10 nitrogen and oxygen atoms in total. The van der Waals surface area contributed by atoms with Crippen molar-refractivity contribution in [2.45, 2.75) is 31.8 Å². The average Bonchev–Trinajstić information content (AvgIpc) is 2.32. The highest BCUT2D eigenvalue weighted by molar-refractivity contribution is 5.87. The zero-order valence-electron chi connectivity index (χ0n) is 10.7. The van der Waals surface area contributed by atoms with E-state index in [0.717, 1.165) is 0 Å². The van der Waals surface area contributed by atoms with Gasteiger partial charge in [-0.05, 0) is 6.42 Å². The molecule has 0 amide bonds. The number of hydrogen-bond donors (Lipinski definition) is 4. The van der Waals surface area contributed by atoms with Crippen molar-refractivity contribution >= 4 is 29.8 Å². The van der Waals surface area contributed by atoms with Crippen LogP contribution in [0.1, 0.15) is 25.7 Å². The molecule has 0 spiro atoms. The van der Waals surface area contributed by atoms with E-state index >= 15 is 0 Å². The summed E-state index contributed by atoms with van der Waals surface area (Å²) >= 11 is 0. The zero-order chi connectivity index (χ0) is 16.6. The highest BCUT2D eigenvalue weighted by atomic mass is 16.6. The van der Waals surface area contributed by atoms with E-state index in [9.17, 15) is 24.0 Å². The van der Waals surface area contributed by atoms with Crippen LogP contribution in [0.3, 0.4) is 0 Å². The van der Waals surface area contributed by atoms with Crippen LogP contribution in [0.4, 0.5) is 0 Å². The molecule has 21 heavy (non-hydrogen) atoms. The van der Waals surface area contributed by atoms with Crippen LogP contribution in [-0.4, -0.2) is 56.4 Å². The maximum atomic E-state index is 11.3. The molecule has 0 aromatic heterocycles. The van der Waals surface area contributed by atoms with Gasteiger partial charge in [-0.1, -0.05) is 0 Å². The fourth-order valence-corrected chi connectivity index (χ4v) is 1.40. The molecule has 10 heteroatoms. The van der Waals surface area contributed by atoms with Crippen LogP contribution in [0.25, 0.3) is 0 Å². The summed E-state index contributed by atoms with van der Waals surface area (Å²) in [5, 5.41) is 34.6. The van der Waals surface area contributed by atoms with Gasteiger partial charge in [0.2, 0.25) is 6.10 Å². The van der Waals surface area contributed by atoms with E-state index in [-0.39, 0.29) is 12.8 Å². The van der Waals surface area contributed by atoms with Gasteiger partial charge in [-0.25, -0.2) is 4.79 Å². The molecule has 0 aliphatic carbocycles. The number of esters is 1. The monoisotopic (exact) mass is 306 g/mol. The Balaban J connectivity index is 4.76. The van der Waals surface area contributed by atoms with Gasteiger partial charge in [0.1, 0.15) is 5.92 Å². The fourth-order valence-electron chi connectivity index (χ4n) is 1.40. The summed E-state index contributed by atoms with van der Waals surface area (Å²) in [6.07, 6.45) is -4.07. The third kappa shape index (κ3) is 7.50. The Morgan fingerprint density at radius 2 is 1.38 bits per heavy atom. The smallest absolute Gasteiger partial charge is 0.345 e. The minimum Gasteiger partial charge on any atom is -0.481 e. The molecular formula is C11H14O10. The number of carbonyl (C=O) groups excluding carboxylic acids is 1. The van der Waals surface area contributed by atoms with Crippen LogP contribution < -0.4 is 0 Å². The number of carboxylic acid groups (broad SMARTS) is 4. The van der Waals surface area contributed by atoms with Gasteiger partial charge in [0.15, 0.2) is 0 Å². The molecule has 0 saturated carbocycles. The molecule has 0 saturated heterocycles. The molecule has 0 rings (SSSR count). The third-order valence-corrected chi connectivity index (χ3v) is 2.35. The Morgan fingerprint density at radius 1 is 0.810 bits per heavy atom. The summed E-state index contributed by atoms with van der Waals surface area (Å²) in [5.74, 6) is -9.30. The van der Waals surface area contributed by atoms with Crippen LogP contribution >= 0.6 is 0 Å². The molecule has 2 atom stereocenters. The van der Waals surface area contributed by atoms with E-state index in [2.05, 4.69) is 4.74 Å². The Bertz CT molecular complexity index is 440. The van der Waals surface area contributed by atoms with E-state index in [1.807, 2.05) is 0 Å². The predicted molar refractivity (Wildman–Crippen MR) is 62.4 cm³/mol. The number of hydrogen-bond acceptors (Lipinski definition) is 6. The van der Waals surface area contributed by atoms with Gasteiger partial charge < -0.3 is 25.2 Å². The van der Waals surface area contributed by atoms with E-state index in [1.165, 1.54) is 0 Å². The van der Waals surface area contributed by atoms with Crippen molar-refractivity contribution in [3.05, 3.63) is 0 Å². The lowest BCUT2D eigenvalue weighted by Gasteiger charge is -2.19. The average molecular weight is 306 g/mol. The summed E-state index contributed by atoms with van der Waals surface area (Å²) in [6, 6.07) is 0. The van der Waals surface area contributed by atoms with Crippen LogP contribution in [-0.2, 0) is 28.7 Å². The molecule has 4 N–H and O–H groups in total. The molecule has 0 heterocycles. The van der Waals surface area contributed by atoms with Gasteiger partial charge in [-0.2, -0.15) is 0 Å². The first-order chi connectivity index (χ1) is 9.65. The number of rotatable bonds is 10. The lowest BCUT2D eigenvalue weighted by Crippen LogP contribution is -2.40. The summed E-state index contributed by atoms with van der Waals surface area (Å²) in [5.41, 5.74) is 0. The number of ether oxygens (including phenoxy) is 1. The van der Waals surface area contributed by atoms with E-state index < -0.39 is 54.7 Å². The van der Waals surface area contributed by atoms with Gasteiger partial charge in [0.05, 0.1) is 6.42 Å². The summed E-state index contributed by atoms with van der Waals surface area (Å²) in [6.45, 7) is 0. The van der Waals surface area contributed by atoms with Crippen molar-refractivity contribution in [2.75, 3.05) is 0 Å².